The summed E-state index contributed by atoms with van der Waals surface area (Å²) in [6, 6.07) is 102. The Balaban J connectivity index is 0.963. The van der Waals surface area contributed by atoms with Gasteiger partial charge in [-0.05, 0) is 145 Å². The van der Waals surface area contributed by atoms with Gasteiger partial charge in [0, 0.05) is 38.9 Å². The minimum atomic E-state index is 1.08. The van der Waals surface area contributed by atoms with Crippen molar-refractivity contribution < 1.29 is 0 Å². The van der Waals surface area contributed by atoms with Crippen LogP contribution in [0.3, 0.4) is 0 Å². The van der Waals surface area contributed by atoms with Crippen molar-refractivity contribution in [2.75, 3.05) is 4.90 Å². The number of hydrogen-bond acceptors (Lipinski definition) is 1. The molecular weight excluding hydrogens is 845 g/mol. The SMILES string of the molecule is c1ccc(-c2cc(-c3ccccc3)cc(-c3ccc(N(c4ccc(-c5cccc6ccccc56)cc4)c4cccc(-c5cccc6c5c5ccc7ccccc7c5n6-c5ccccc5)c4)cc3)c2)cc1. The molecule has 0 aliphatic rings. The number of rotatable bonds is 9. The Morgan fingerprint density at radius 3 is 1.40 bits per heavy atom. The Bertz CT molecular complexity index is 3960. The van der Waals surface area contributed by atoms with Crippen LogP contribution >= 0.6 is 0 Å². The van der Waals surface area contributed by atoms with Crippen LogP contribution in [0, 0.1) is 0 Å². The van der Waals surface area contributed by atoms with Gasteiger partial charge in [-0.2, -0.15) is 0 Å². The molecule has 70 heavy (non-hydrogen) atoms. The van der Waals surface area contributed by atoms with Crippen LogP contribution in [0.25, 0.3) is 105 Å². The highest BCUT2D eigenvalue weighted by atomic mass is 15.1. The topological polar surface area (TPSA) is 8.17 Å². The molecule has 2 nitrogen and oxygen atoms in total. The molecule has 0 radical (unpaired) electrons. The van der Waals surface area contributed by atoms with E-state index in [1.54, 1.807) is 0 Å². The number of nitrogens with zero attached hydrogens (tertiary/aromatic N) is 2. The van der Waals surface area contributed by atoms with Gasteiger partial charge in [0.1, 0.15) is 0 Å². The zero-order chi connectivity index (χ0) is 46.4. The van der Waals surface area contributed by atoms with Crippen molar-refractivity contribution >= 4 is 60.4 Å². The van der Waals surface area contributed by atoms with Crippen molar-refractivity contribution in [2.45, 2.75) is 0 Å². The molecule has 12 aromatic carbocycles. The Morgan fingerprint density at radius 1 is 0.257 bits per heavy atom. The fourth-order valence-electron chi connectivity index (χ4n) is 10.6. The minimum Gasteiger partial charge on any atom is -0.310 e. The monoisotopic (exact) mass is 890 g/mol. The van der Waals surface area contributed by atoms with Crippen molar-refractivity contribution in [3.05, 3.63) is 279 Å². The molecule has 0 aliphatic heterocycles. The maximum absolute atomic E-state index is 2.45. The van der Waals surface area contributed by atoms with E-state index >= 15 is 0 Å². The lowest BCUT2D eigenvalue weighted by atomic mass is 9.93. The lowest BCUT2D eigenvalue weighted by Gasteiger charge is -2.26. The van der Waals surface area contributed by atoms with Crippen molar-refractivity contribution in [3.8, 4) is 61.3 Å². The zero-order valence-electron chi connectivity index (χ0n) is 38.5. The first kappa shape index (κ1) is 41.0. The summed E-state index contributed by atoms with van der Waals surface area (Å²) >= 11 is 0. The van der Waals surface area contributed by atoms with E-state index in [0.29, 0.717) is 0 Å². The Hall–Kier alpha value is -9.24. The van der Waals surface area contributed by atoms with Gasteiger partial charge in [-0.3, -0.25) is 0 Å². The summed E-state index contributed by atoms with van der Waals surface area (Å²) in [6.07, 6.45) is 0. The number of anilines is 3. The van der Waals surface area contributed by atoms with Gasteiger partial charge in [-0.1, -0.05) is 206 Å². The van der Waals surface area contributed by atoms with Gasteiger partial charge in [0.2, 0.25) is 0 Å². The Kier molecular flexibility index (Phi) is 10.2. The van der Waals surface area contributed by atoms with Crippen LogP contribution in [0.15, 0.2) is 279 Å². The first-order valence-corrected chi connectivity index (χ1v) is 24.1. The molecule has 13 aromatic rings. The number of benzene rings is 12. The fraction of sp³-hybridized carbons (Fsp3) is 0. The summed E-state index contributed by atoms with van der Waals surface area (Å²) in [5.41, 5.74) is 18.7. The van der Waals surface area contributed by atoms with Gasteiger partial charge in [-0.25, -0.2) is 0 Å². The number of para-hydroxylation sites is 1. The molecule has 0 N–H and O–H groups in total. The second-order valence-corrected chi connectivity index (χ2v) is 18.1. The molecule has 0 saturated heterocycles. The first-order valence-electron chi connectivity index (χ1n) is 24.1. The zero-order valence-corrected chi connectivity index (χ0v) is 38.5. The molecule has 1 aromatic heterocycles. The van der Waals surface area contributed by atoms with Gasteiger partial charge in [0.25, 0.3) is 0 Å². The van der Waals surface area contributed by atoms with Gasteiger partial charge in [0.15, 0.2) is 0 Å². The van der Waals surface area contributed by atoms with E-state index in [1.165, 1.54) is 87.9 Å². The predicted octanol–water partition coefficient (Wildman–Crippen LogP) is 18.9. The van der Waals surface area contributed by atoms with Gasteiger partial charge in [-0.15, -0.1) is 0 Å². The van der Waals surface area contributed by atoms with Gasteiger partial charge in [0.05, 0.1) is 11.0 Å². The average Bonchev–Trinajstić information content (AvgIpc) is 3.79. The first-order chi connectivity index (χ1) is 34.7. The molecule has 0 amide bonds. The van der Waals surface area contributed by atoms with E-state index in [-0.39, 0.29) is 0 Å². The molecule has 0 fully saturated rings. The van der Waals surface area contributed by atoms with E-state index < -0.39 is 0 Å². The fourth-order valence-corrected chi connectivity index (χ4v) is 10.6. The van der Waals surface area contributed by atoms with Crippen LogP contribution < -0.4 is 4.90 Å². The summed E-state index contributed by atoms with van der Waals surface area (Å²) in [7, 11) is 0. The van der Waals surface area contributed by atoms with Crippen molar-refractivity contribution in [2.24, 2.45) is 0 Å². The van der Waals surface area contributed by atoms with Crippen molar-refractivity contribution in [3.63, 3.8) is 0 Å². The standard InChI is InChI=1S/C68H46N2/c1-4-17-47(18-5-1)54-43-55(48-19-6-2-7-20-48)45-56(44-54)49-33-38-58(39-34-49)69(59-40-35-52(36-41-59)62-30-15-23-50-21-10-12-28-61(50)62)60-27-14-24-53(46-60)63-31-16-32-66-67(63)65-42-37-51-22-11-13-29-64(51)68(65)70(66)57-25-8-3-9-26-57/h1-46H. The third kappa shape index (κ3) is 7.31. The highest BCUT2D eigenvalue weighted by Crippen LogP contribution is 2.44. The predicted molar refractivity (Wildman–Crippen MR) is 298 cm³/mol. The lowest BCUT2D eigenvalue weighted by molar-refractivity contribution is 1.19. The molecule has 0 saturated carbocycles. The van der Waals surface area contributed by atoms with Gasteiger partial charge < -0.3 is 9.47 Å². The highest BCUT2D eigenvalue weighted by molar-refractivity contribution is 6.22. The third-order valence-corrected chi connectivity index (χ3v) is 13.9. The number of hydrogen-bond donors (Lipinski definition) is 0. The van der Waals surface area contributed by atoms with E-state index in [9.17, 15) is 0 Å². The van der Waals surface area contributed by atoms with Crippen LogP contribution in [-0.4, -0.2) is 4.57 Å². The Labute approximate surface area is 408 Å². The van der Waals surface area contributed by atoms with Crippen molar-refractivity contribution in [1.29, 1.82) is 0 Å². The molecule has 328 valence electrons. The number of aromatic nitrogens is 1. The second kappa shape index (κ2) is 17.4. The van der Waals surface area contributed by atoms with E-state index in [1.807, 2.05) is 0 Å². The molecule has 1 heterocycles. The summed E-state index contributed by atoms with van der Waals surface area (Å²) < 4.78 is 2.45. The molecule has 0 aliphatic carbocycles. The van der Waals surface area contributed by atoms with Crippen LogP contribution in [0.2, 0.25) is 0 Å². The third-order valence-electron chi connectivity index (χ3n) is 13.9. The quantitative estimate of drug-likeness (QED) is 0.140. The number of fused-ring (bicyclic) bond motifs is 6. The second-order valence-electron chi connectivity index (χ2n) is 18.1. The molecule has 0 atom stereocenters. The normalized spacial score (nSPS) is 11.4. The smallest absolute Gasteiger partial charge is 0.0619 e. The minimum absolute atomic E-state index is 1.08. The van der Waals surface area contributed by atoms with Crippen LogP contribution in [0.4, 0.5) is 17.1 Å². The summed E-state index contributed by atoms with van der Waals surface area (Å²) in [6.45, 7) is 0. The van der Waals surface area contributed by atoms with Crippen LogP contribution in [-0.2, 0) is 0 Å². The summed E-state index contributed by atoms with van der Waals surface area (Å²) in [4.78, 5) is 2.40. The average molecular weight is 891 g/mol. The largest absolute Gasteiger partial charge is 0.310 e. The molecular formula is C68H46N2. The maximum atomic E-state index is 2.45. The summed E-state index contributed by atoms with van der Waals surface area (Å²) in [5, 5.41) is 7.44. The molecule has 0 unspecified atom stereocenters. The highest BCUT2D eigenvalue weighted by Gasteiger charge is 2.20. The molecule has 0 bridgehead atoms. The Morgan fingerprint density at radius 2 is 0.743 bits per heavy atom. The van der Waals surface area contributed by atoms with E-state index in [4.69, 9.17) is 0 Å². The van der Waals surface area contributed by atoms with Crippen molar-refractivity contribution in [1.82, 2.24) is 4.57 Å². The van der Waals surface area contributed by atoms with Gasteiger partial charge >= 0.3 is 0 Å². The van der Waals surface area contributed by atoms with E-state index in [2.05, 4.69) is 289 Å². The molecule has 2 heteroatoms. The maximum Gasteiger partial charge on any atom is 0.0619 e. The summed E-state index contributed by atoms with van der Waals surface area (Å²) in [5.74, 6) is 0. The molecule has 13 rings (SSSR count). The van der Waals surface area contributed by atoms with Crippen LogP contribution in [0.1, 0.15) is 0 Å². The van der Waals surface area contributed by atoms with E-state index in [0.717, 1.165) is 33.9 Å². The molecule has 0 spiro atoms. The van der Waals surface area contributed by atoms with Crippen LogP contribution in [0.5, 0.6) is 0 Å². The lowest BCUT2D eigenvalue weighted by Crippen LogP contribution is -2.10.